The first-order valence-corrected chi connectivity index (χ1v) is 14.0. The lowest BCUT2D eigenvalue weighted by molar-refractivity contribution is -0.182. The fraction of sp³-hybridized carbons (Fsp3) is 0.440. The number of hydrogen-bond acceptors (Lipinski definition) is 5. The zero-order valence-corrected chi connectivity index (χ0v) is 21.5. The number of ether oxygens (including phenoxy) is 1. The van der Waals surface area contributed by atoms with E-state index in [4.69, 9.17) is 27.9 Å². The summed E-state index contributed by atoms with van der Waals surface area (Å²) in [6, 6.07) is 12.5. The number of rotatable bonds is 9. The summed E-state index contributed by atoms with van der Waals surface area (Å²) >= 11 is 12.4. The fourth-order valence-electron chi connectivity index (χ4n) is 4.63. The third kappa shape index (κ3) is 5.82. The van der Waals surface area contributed by atoms with E-state index in [0.29, 0.717) is 40.4 Å². The molecule has 2 aromatic carbocycles. The molecule has 7 nitrogen and oxygen atoms in total. The minimum absolute atomic E-state index is 0.188. The van der Waals surface area contributed by atoms with Gasteiger partial charge in [-0.15, -0.1) is 0 Å². The number of carbonyl (C=O) groups is 2. The monoisotopic (exact) mass is 539 g/mol. The number of nitrogens with zero attached hydrogens (tertiary/aromatic N) is 1. The zero-order chi connectivity index (χ0) is 25.3. The molecule has 1 amide bonds. The van der Waals surface area contributed by atoms with E-state index in [9.17, 15) is 23.1 Å². The Balaban J connectivity index is 1.84. The van der Waals surface area contributed by atoms with E-state index >= 15 is 0 Å². The smallest absolute Gasteiger partial charge is 0.306 e. The Hall–Kier alpha value is -2.13. The number of morpholine rings is 1. The second-order valence-electron chi connectivity index (χ2n) is 9.03. The van der Waals surface area contributed by atoms with Crippen molar-refractivity contribution in [2.24, 2.45) is 0 Å². The molecule has 10 heteroatoms. The van der Waals surface area contributed by atoms with Crippen LogP contribution in [0.1, 0.15) is 55.9 Å². The number of benzene rings is 2. The molecule has 1 saturated carbocycles. The molecule has 2 aromatic rings. The van der Waals surface area contributed by atoms with E-state index in [1.807, 2.05) is 6.92 Å². The quantitative estimate of drug-likeness (QED) is 0.489. The van der Waals surface area contributed by atoms with Crippen LogP contribution in [0, 0.1) is 0 Å². The van der Waals surface area contributed by atoms with Crippen LogP contribution >= 0.6 is 23.2 Å². The van der Waals surface area contributed by atoms with Gasteiger partial charge in [-0.3, -0.25) is 9.59 Å². The molecule has 2 fully saturated rings. The van der Waals surface area contributed by atoms with Crippen LogP contribution in [0.2, 0.25) is 10.0 Å². The van der Waals surface area contributed by atoms with Crippen molar-refractivity contribution >= 4 is 44.9 Å². The third-order valence-corrected chi connectivity index (χ3v) is 9.32. The molecule has 35 heavy (non-hydrogen) atoms. The van der Waals surface area contributed by atoms with Crippen molar-refractivity contribution in [3.05, 3.63) is 69.7 Å². The van der Waals surface area contributed by atoms with Crippen molar-refractivity contribution in [3.8, 4) is 0 Å². The SMILES string of the molecule is CCC(CS(=O)(=O)C1CC1)N1C(=O)C(CC(=O)O)OC(c2cccc(Cl)c2)C1c1ccc(Cl)cc1. The lowest BCUT2D eigenvalue weighted by Crippen LogP contribution is -2.56. The summed E-state index contributed by atoms with van der Waals surface area (Å²) in [6.45, 7) is 1.83. The molecule has 0 radical (unpaired) electrons. The molecule has 0 aromatic heterocycles. The molecule has 0 bridgehead atoms. The Labute approximate surface area is 214 Å². The lowest BCUT2D eigenvalue weighted by atomic mass is 9.89. The second kappa shape index (κ2) is 10.5. The van der Waals surface area contributed by atoms with Gasteiger partial charge in [-0.2, -0.15) is 0 Å². The maximum atomic E-state index is 13.7. The topological polar surface area (TPSA) is 101 Å². The van der Waals surface area contributed by atoms with Gasteiger partial charge in [0.15, 0.2) is 9.84 Å². The average molecular weight is 540 g/mol. The predicted molar refractivity (Wildman–Crippen MR) is 133 cm³/mol. The van der Waals surface area contributed by atoms with Crippen molar-refractivity contribution in [3.63, 3.8) is 0 Å². The molecule has 2 aliphatic rings. The van der Waals surface area contributed by atoms with Crippen molar-refractivity contribution in [2.75, 3.05) is 5.75 Å². The maximum Gasteiger partial charge on any atom is 0.306 e. The number of sulfone groups is 1. The van der Waals surface area contributed by atoms with Gasteiger partial charge in [0.05, 0.1) is 23.5 Å². The molecule has 4 atom stereocenters. The molecule has 1 saturated heterocycles. The highest BCUT2D eigenvalue weighted by Gasteiger charge is 2.48. The van der Waals surface area contributed by atoms with Gasteiger partial charge in [0.1, 0.15) is 12.2 Å². The van der Waals surface area contributed by atoms with Crippen LogP contribution in [0.5, 0.6) is 0 Å². The highest BCUT2D eigenvalue weighted by Crippen LogP contribution is 2.45. The van der Waals surface area contributed by atoms with E-state index in [-0.39, 0.29) is 11.0 Å². The number of aliphatic carboxylic acids is 1. The standard InChI is InChI=1S/C25H27Cl2NO6S/c1-2-19(14-35(32,33)20-10-11-20)28-23(15-6-8-17(26)9-7-15)24(16-4-3-5-18(27)12-16)34-21(25(28)31)13-22(29)30/h3-9,12,19-21,23-24H,2,10-11,13-14H2,1H3,(H,29,30). The molecule has 4 unspecified atom stereocenters. The van der Waals surface area contributed by atoms with Gasteiger partial charge in [-0.25, -0.2) is 8.42 Å². The van der Waals surface area contributed by atoms with Gasteiger partial charge in [-0.05, 0) is 54.7 Å². The van der Waals surface area contributed by atoms with E-state index < -0.39 is 52.4 Å². The van der Waals surface area contributed by atoms with E-state index in [1.54, 1.807) is 48.5 Å². The van der Waals surface area contributed by atoms with Crippen LogP contribution in [0.25, 0.3) is 0 Å². The maximum absolute atomic E-state index is 13.7. The van der Waals surface area contributed by atoms with Gasteiger partial charge in [0, 0.05) is 16.1 Å². The van der Waals surface area contributed by atoms with Gasteiger partial charge in [0.25, 0.3) is 5.91 Å². The van der Waals surface area contributed by atoms with Crippen molar-refractivity contribution in [1.29, 1.82) is 0 Å². The number of hydrogen-bond donors (Lipinski definition) is 1. The molecular weight excluding hydrogens is 513 g/mol. The van der Waals surface area contributed by atoms with Crippen molar-refractivity contribution in [1.82, 2.24) is 4.90 Å². The summed E-state index contributed by atoms with van der Waals surface area (Å²) in [4.78, 5) is 26.8. The first-order valence-electron chi connectivity index (χ1n) is 11.5. The number of carboxylic acids is 1. The number of carboxylic acid groups (broad SMARTS) is 1. The average Bonchev–Trinajstić information content (AvgIpc) is 3.65. The summed E-state index contributed by atoms with van der Waals surface area (Å²) < 4.78 is 32.1. The van der Waals surface area contributed by atoms with Crippen LogP contribution in [0.4, 0.5) is 0 Å². The Bertz CT molecular complexity index is 1200. The van der Waals surface area contributed by atoms with Crippen LogP contribution in [-0.4, -0.2) is 53.4 Å². The predicted octanol–water partition coefficient (Wildman–Crippen LogP) is 4.83. The Kier molecular flexibility index (Phi) is 7.76. The first-order chi connectivity index (χ1) is 16.6. The lowest BCUT2D eigenvalue weighted by Gasteiger charge is -2.48. The Morgan fingerprint density at radius 3 is 2.37 bits per heavy atom. The fourth-order valence-corrected chi connectivity index (χ4v) is 7.01. The minimum atomic E-state index is -3.41. The second-order valence-corrected chi connectivity index (χ2v) is 12.2. The van der Waals surface area contributed by atoms with Gasteiger partial charge in [0.2, 0.25) is 0 Å². The summed E-state index contributed by atoms with van der Waals surface area (Å²) in [5.74, 6) is -1.91. The van der Waals surface area contributed by atoms with E-state index in [1.165, 1.54) is 4.90 Å². The molecule has 0 spiro atoms. The zero-order valence-electron chi connectivity index (χ0n) is 19.1. The summed E-state index contributed by atoms with van der Waals surface area (Å²) in [6.07, 6.45) is -0.936. The molecule has 1 heterocycles. The Morgan fingerprint density at radius 2 is 1.80 bits per heavy atom. The van der Waals surface area contributed by atoms with Crippen molar-refractivity contribution in [2.45, 2.75) is 62.1 Å². The minimum Gasteiger partial charge on any atom is -0.481 e. The molecule has 1 N–H and O–H groups in total. The normalized spacial score (nSPS) is 23.8. The van der Waals surface area contributed by atoms with Crippen LogP contribution < -0.4 is 0 Å². The van der Waals surface area contributed by atoms with Crippen LogP contribution in [0.3, 0.4) is 0 Å². The van der Waals surface area contributed by atoms with Gasteiger partial charge < -0.3 is 14.7 Å². The molecule has 1 aliphatic heterocycles. The van der Waals surface area contributed by atoms with Crippen LogP contribution in [0.15, 0.2) is 48.5 Å². The Morgan fingerprint density at radius 1 is 1.11 bits per heavy atom. The molecule has 188 valence electrons. The van der Waals surface area contributed by atoms with Crippen LogP contribution in [-0.2, 0) is 24.2 Å². The number of carbonyl (C=O) groups excluding carboxylic acids is 1. The summed E-state index contributed by atoms with van der Waals surface area (Å²) in [7, 11) is -3.41. The molecular formula is C25H27Cl2NO6S. The molecule has 4 rings (SSSR count). The third-order valence-electron chi connectivity index (χ3n) is 6.50. The van der Waals surface area contributed by atoms with E-state index in [2.05, 4.69) is 0 Å². The highest BCUT2D eigenvalue weighted by molar-refractivity contribution is 7.92. The summed E-state index contributed by atoms with van der Waals surface area (Å²) in [5, 5.41) is 10.1. The largest absolute Gasteiger partial charge is 0.481 e. The molecule has 1 aliphatic carbocycles. The number of amides is 1. The van der Waals surface area contributed by atoms with E-state index in [0.717, 1.165) is 0 Å². The van der Waals surface area contributed by atoms with Crippen molar-refractivity contribution < 1.29 is 27.9 Å². The summed E-state index contributed by atoms with van der Waals surface area (Å²) in [5.41, 5.74) is 1.36. The van der Waals surface area contributed by atoms with Gasteiger partial charge >= 0.3 is 5.97 Å². The number of halogens is 2. The van der Waals surface area contributed by atoms with Gasteiger partial charge in [-0.1, -0.05) is 54.4 Å². The highest BCUT2D eigenvalue weighted by atomic mass is 35.5. The first kappa shape index (κ1) is 25.9.